The van der Waals surface area contributed by atoms with Gasteiger partial charge in [0.05, 0.1) is 0 Å². The Bertz CT molecular complexity index is 666. The summed E-state index contributed by atoms with van der Waals surface area (Å²) in [5.74, 6) is -0.226. The Balaban J connectivity index is 1.55. The van der Waals surface area contributed by atoms with Gasteiger partial charge in [-0.25, -0.2) is 9.18 Å². The molecule has 0 bridgehead atoms. The summed E-state index contributed by atoms with van der Waals surface area (Å²) in [7, 11) is 1.79. The summed E-state index contributed by atoms with van der Waals surface area (Å²) in [6.45, 7) is 1.17. The third-order valence-corrected chi connectivity index (χ3v) is 4.50. The van der Waals surface area contributed by atoms with Gasteiger partial charge in [0.2, 0.25) is 0 Å². The molecule has 0 aromatic heterocycles. The van der Waals surface area contributed by atoms with Crippen LogP contribution in [0, 0.1) is 5.82 Å². The minimum absolute atomic E-state index is 0.0169. The van der Waals surface area contributed by atoms with Crippen molar-refractivity contribution in [2.75, 3.05) is 13.6 Å². The van der Waals surface area contributed by atoms with E-state index in [-0.39, 0.29) is 17.3 Å². The molecule has 0 saturated heterocycles. The first-order valence-electron chi connectivity index (χ1n) is 7.88. The van der Waals surface area contributed by atoms with E-state index in [1.807, 2.05) is 42.5 Å². The number of hydrogen-bond donors (Lipinski definition) is 1. The second kappa shape index (κ2) is 6.41. The molecule has 0 heterocycles. The Labute approximate surface area is 136 Å². The van der Waals surface area contributed by atoms with E-state index in [0.717, 1.165) is 24.0 Å². The maximum absolute atomic E-state index is 13.0. The standard InChI is InChI=1S/C19H21FN2O/c1-22(13-15-5-3-2-4-6-15)18(23)21-14-19(11-12-19)16-7-9-17(20)10-8-16/h2-10H,11-14H2,1H3,(H,21,23). The molecular weight excluding hydrogens is 291 g/mol. The molecule has 1 aliphatic carbocycles. The second-order valence-corrected chi connectivity index (χ2v) is 6.29. The highest BCUT2D eigenvalue weighted by Gasteiger charge is 2.44. The fraction of sp³-hybridized carbons (Fsp3) is 0.316. The number of benzene rings is 2. The lowest BCUT2D eigenvalue weighted by Crippen LogP contribution is -2.40. The molecule has 0 unspecified atom stereocenters. The second-order valence-electron chi connectivity index (χ2n) is 6.29. The van der Waals surface area contributed by atoms with Gasteiger partial charge in [-0.3, -0.25) is 0 Å². The summed E-state index contributed by atoms with van der Waals surface area (Å²) in [4.78, 5) is 13.9. The molecule has 0 aliphatic heterocycles. The van der Waals surface area contributed by atoms with Crippen molar-refractivity contribution < 1.29 is 9.18 Å². The highest BCUT2D eigenvalue weighted by atomic mass is 19.1. The molecule has 4 heteroatoms. The van der Waals surface area contributed by atoms with Crippen LogP contribution in [0.5, 0.6) is 0 Å². The van der Waals surface area contributed by atoms with Crippen molar-refractivity contribution in [1.82, 2.24) is 10.2 Å². The molecule has 2 amide bonds. The fourth-order valence-corrected chi connectivity index (χ4v) is 2.83. The molecule has 120 valence electrons. The largest absolute Gasteiger partial charge is 0.337 e. The van der Waals surface area contributed by atoms with Gasteiger partial charge in [0.1, 0.15) is 5.82 Å². The van der Waals surface area contributed by atoms with Gasteiger partial charge in [0.25, 0.3) is 0 Å². The van der Waals surface area contributed by atoms with Crippen molar-refractivity contribution in [3.05, 3.63) is 71.5 Å². The van der Waals surface area contributed by atoms with Crippen LogP contribution in [0.4, 0.5) is 9.18 Å². The van der Waals surface area contributed by atoms with Crippen LogP contribution in [0.25, 0.3) is 0 Å². The summed E-state index contributed by atoms with van der Waals surface area (Å²) in [6.07, 6.45) is 2.06. The maximum atomic E-state index is 13.0. The minimum Gasteiger partial charge on any atom is -0.337 e. The van der Waals surface area contributed by atoms with E-state index in [9.17, 15) is 9.18 Å². The molecular formula is C19H21FN2O. The van der Waals surface area contributed by atoms with E-state index in [1.165, 1.54) is 12.1 Å². The number of carbonyl (C=O) groups is 1. The summed E-state index contributed by atoms with van der Waals surface area (Å²) >= 11 is 0. The zero-order valence-corrected chi connectivity index (χ0v) is 13.3. The molecule has 0 atom stereocenters. The first-order valence-corrected chi connectivity index (χ1v) is 7.88. The smallest absolute Gasteiger partial charge is 0.317 e. The molecule has 3 rings (SSSR count). The zero-order valence-electron chi connectivity index (χ0n) is 13.3. The van der Waals surface area contributed by atoms with E-state index in [4.69, 9.17) is 0 Å². The van der Waals surface area contributed by atoms with Crippen LogP contribution in [0.1, 0.15) is 24.0 Å². The van der Waals surface area contributed by atoms with Gasteiger partial charge >= 0.3 is 6.03 Å². The molecule has 0 radical (unpaired) electrons. The Morgan fingerprint density at radius 1 is 1.13 bits per heavy atom. The van der Waals surface area contributed by atoms with E-state index in [0.29, 0.717) is 13.1 Å². The number of rotatable bonds is 5. The van der Waals surface area contributed by atoms with Crippen LogP contribution >= 0.6 is 0 Å². The predicted octanol–water partition coefficient (Wildman–Crippen LogP) is 3.70. The molecule has 1 aliphatic rings. The summed E-state index contributed by atoms with van der Waals surface area (Å²) in [6, 6.07) is 16.4. The van der Waals surface area contributed by atoms with Crippen LogP contribution in [-0.4, -0.2) is 24.5 Å². The highest BCUT2D eigenvalue weighted by molar-refractivity contribution is 5.74. The van der Waals surface area contributed by atoms with Gasteiger partial charge in [0.15, 0.2) is 0 Å². The third-order valence-electron chi connectivity index (χ3n) is 4.50. The number of nitrogens with one attached hydrogen (secondary N) is 1. The molecule has 1 saturated carbocycles. The van der Waals surface area contributed by atoms with Crippen molar-refractivity contribution in [2.45, 2.75) is 24.8 Å². The maximum Gasteiger partial charge on any atom is 0.317 e. The Kier molecular flexibility index (Phi) is 4.33. The fourth-order valence-electron chi connectivity index (χ4n) is 2.83. The number of nitrogens with zero attached hydrogens (tertiary/aromatic N) is 1. The molecule has 2 aromatic carbocycles. The van der Waals surface area contributed by atoms with Crippen LogP contribution in [0.2, 0.25) is 0 Å². The average molecular weight is 312 g/mol. The number of hydrogen-bond acceptors (Lipinski definition) is 1. The van der Waals surface area contributed by atoms with Crippen molar-refractivity contribution in [3.8, 4) is 0 Å². The SMILES string of the molecule is CN(Cc1ccccc1)C(=O)NCC1(c2ccc(F)cc2)CC1. The Morgan fingerprint density at radius 3 is 2.39 bits per heavy atom. The van der Waals surface area contributed by atoms with Crippen LogP contribution < -0.4 is 5.32 Å². The number of carbonyl (C=O) groups excluding carboxylic acids is 1. The van der Waals surface area contributed by atoms with Gasteiger partial charge in [-0.05, 0) is 36.1 Å². The lowest BCUT2D eigenvalue weighted by atomic mass is 9.96. The first kappa shape index (κ1) is 15.5. The van der Waals surface area contributed by atoms with Crippen molar-refractivity contribution in [3.63, 3.8) is 0 Å². The van der Waals surface area contributed by atoms with Crippen LogP contribution in [0.15, 0.2) is 54.6 Å². The quantitative estimate of drug-likeness (QED) is 0.897. The van der Waals surface area contributed by atoms with Crippen LogP contribution in [-0.2, 0) is 12.0 Å². The lowest BCUT2D eigenvalue weighted by Gasteiger charge is -2.21. The predicted molar refractivity (Wildman–Crippen MR) is 88.6 cm³/mol. The van der Waals surface area contributed by atoms with Crippen molar-refractivity contribution >= 4 is 6.03 Å². The zero-order chi connectivity index (χ0) is 16.3. The summed E-state index contributed by atoms with van der Waals surface area (Å²) in [5.41, 5.74) is 2.19. The van der Waals surface area contributed by atoms with Crippen molar-refractivity contribution in [1.29, 1.82) is 0 Å². The average Bonchev–Trinajstić information content (AvgIpc) is 3.35. The van der Waals surface area contributed by atoms with E-state index in [2.05, 4.69) is 5.32 Å². The van der Waals surface area contributed by atoms with Gasteiger partial charge < -0.3 is 10.2 Å². The Hall–Kier alpha value is -2.36. The molecule has 1 fully saturated rings. The van der Waals surface area contributed by atoms with E-state index in [1.54, 1.807) is 11.9 Å². The molecule has 23 heavy (non-hydrogen) atoms. The number of halogens is 1. The molecule has 0 spiro atoms. The third kappa shape index (κ3) is 3.70. The number of urea groups is 1. The lowest BCUT2D eigenvalue weighted by molar-refractivity contribution is 0.206. The van der Waals surface area contributed by atoms with E-state index < -0.39 is 0 Å². The van der Waals surface area contributed by atoms with Crippen molar-refractivity contribution in [2.24, 2.45) is 0 Å². The molecule has 1 N–H and O–H groups in total. The van der Waals surface area contributed by atoms with E-state index >= 15 is 0 Å². The monoisotopic (exact) mass is 312 g/mol. The normalized spacial score (nSPS) is 15.0. The number of amides is 2. The van der Waals surface area contributed by atoms with Gasteiger partial charge in [-0.2, -0.15) is 0 Å². The highest BCUT2D eigenvalue weighted by Crippen LogP contribution is 2.47. The summed E-state index contributed by atoms with van der Waals surface area (Å²) in [5, 5.41) is 3.01. The Morgan fingerprint density at radius 2 is 1.78 bits per heavy atom. The van der Waals surface area contributed by atoms with Gasteiger partial charge in [0, 0.05) is 25.6 Å². The van der Waals surface area contributed by atoms with Crippen LogP contribution in [0.3, 0.4) is 0 Å². The van der Waals surface area contributed by atoms with Gasteiger partial charge in [-0.15, -0.1) is 0 Å². The summed E-state index contributed by atoms with van der Waals surface area (Å²) < 4.78 is 13.0. The molecule has 3 nitrogen and oxygen atoms in total. The first-order chi connectivity index (χ1) is 11.1. The molecule has 2 aromatic rings. The van der Waals surface area contributed by atoms with Gasteiger partial charge in [-0.1, -0.05) is 42.5 Å². The minimum atomic E-state index is -0.226. The topological polar surface area (TPSA) is 32.3 Å².